The van der Waals surface area contributed by atoms with Crippen molar-refractivity contribution >= 4 is 34.4 Å². The van der Waals surface area contributed by atoms with Crippen molar-refractivity contribution in [2.24, 2.45) is 11.3 Å². The van der Waals surface area contributed by atoms with Crippen molar-refractivity contribution in [3.8, 4) is 0 Å². The van der Waals surface area contributed by atoms with Crippen LogP contribution in [0.1, 0.15) is 86.5 Å². The average molecular weight is 575 g/mol. The molecule has 1 saturated heterocycles. The van der Waals surface area contributed by atoms with E-state index in [4.69, 9.17) is 0 Å². The normalized spacial score (nSPS) is 23.9. The number of unbranched alkanes of at least 4 members (excludes halogenated alkanes) is 2. The van der Waals surface area contributed by atoms with Crippen molar-refractivity contribution in [1.29, 1.82) is 0 Å². The van der Waals surface area contributed by atoms with E-state index in [1.54, 1.807) is 0 Å². The number of para-hydroxylation sites is 1. The first-order chi connectivity index (χ1) is 20.5. The third kappa shape index (κ3) is 4.47. The van der Waals surface area contributed by atoms with E-state index in [0.29, 0.717) is 11.3 Å². The van der Waals surface area contributed by atoms with Gasteiger partial charge in [-0.25, -0.2) is 0 Å². The van der Waals surface area contributed by atoms with Gasteiger partial charge in [0, 0.05) is 27.9 Å². The maximum Gasteiger partial charge on any atom is 0.238 e. The molecule has 0 aliphatic carbocycles. The minimum atomic E-state index is -1.27. The van der Waals surface area contributed by atoms with Crippen LogP contribution in [-0.4, -0.2) is 29.6 Å². The molecule has 3 heterocycles. The second-order valence-electron chi connectivity index (χ2n) is 13.6. The SMILES string of the molecule is CCCCCc1ccc(C(=O)[C@H]2[C@H](C(=O)C(C)(C)C)N3c4ccc(C)cc4C(C)=C[C@@H]3[C@]23C(=O)Nc2ccccc23)cc1. The first kappa shape index (κ1) is 29.1. The number of carbonyl (C=O) groups excluding carboxylic acids is 3. The molecule has 6 rings (SSSR count). The summed E-state index contributed by atoms with van der Waals surface area (Å²) in [6.07, 6.45) is 6.52. The van der Waals surface area contributed by atoms with E-state index in [-0.39, 0.29) is 17.5 Å². The third-order valence-electron chi connectivity index (χ3n) is 9.73. The Morgan fingerprint density at radius 3 is 2.37 bits per heavy atom. The molecule has 43 heavy (non-hydrogen) atoms. The summed E-state index contributed by atoms with van der Waals surface area (Å²) in [5.41, 5.74) is 5.31. The van der Waals surface area contributed by atoms with Gasteiger partial charge in [-0.1, -0.05) is 101 Å². The summed E-state index contributed by atoms with van der Waals surface area (Å²) in [5.74, 6) is -1.35. The number of nitrogens with one attached hydrogen (secondary N) is 1. The third-order valence-corrected chi connectivity index (χ3v) is 9.73. The van der Waals surface area contributed by atoms with E-state index < -0.39 is 28.8 Å². The van der Waals surface area contributed by atoms with Crippen LogP contribution in [0.2, 0.25) is 0 Å². The molecule has 0 aromatic heterocycles. The van der Waals surface area contributed by atoms with Gasteiger partial charge in [-0.2, -0.15) is 0 Å². The molecule has 1 spiro atoms. The number of ketones is 2. The Hall–Kier alpha value is -3.99. The number of aryl methyl sites for hydroxylation is 2. The van der Waals surface area contributed by atoms with Gasteiger partial charge in [0.2, 0.25) is 5.91 Å². The van der Waals surface area contributed by atoms with Crippen molar-refractivity contribution in [3.05, 3.63) is 101 Å². The van der Waals surface area contributed by atoms with Crippen molar-refractivity contribution in [2.45, 2.75) is 84.7 Å². The molecule has 1 N–H and O–H groups in total. The molecule has 1 amide bonds. The fraction of sp³-hybridized carbons (Fsp3) is 0.395. The van der Waals surface area contributed by atoms with Gasteiger partial charge < -0.3 is 10.2 Å². The summed E-state index contributed by atoms with van der Waals surface area (Å²) in [5, 5.41) is 3.13. The Morgan fingerprint density at radius 2 is 1.67 bits per heavy atom. The van der Waals surface area contributed by atoms with Gasteiger partial charge >= 0.3 is 0 Å². The highest BCUT2D eigenvalue weighted by Gasteiger charge is 2.71. The van der Waals surface area contributed by atoms with Crippen LogP contribution in [-0.2, 0) is 21.4 Å². The van der Waals surface area contributed by atoms with Gasteiger partial charge in [0.15, 0.2) is 11.6 Å². The van der Waals surface area contributed by atoms with Crippen molar-refractivity contribution < 1.29 is 14.4 Å². The first-order valence-corrected chi connectivity index (χ1v) is 15.7. The highest BCUT2D eigenvalue weighted by Crippen LogP contribution is 2.59. The lowest BCUT2D eigenvalue weighted by Gasteiger charge is -2.40. The minimum Gasteiger partial charge on any atom is -0.352 e. The monoisotopic (exact) mass is 574 g/mol. The lowest BCUT2D eigenvalue weighted by atomic mass is 9.63. The fourth-order valence-electron chi connectivity index (χ4n) is 7.58. The van der Waals surface area contributed by atoms with Gasteiger partial charge in [-0.3, -0.25) is 14.4 Å². The van der Waals surface area contributed by atoms with E-state index in [2.05, 4.69) is 55.3 Å². The van der Waals surface area contributed by atoms with Gasteiger partial charge in [-0.05, 0) is 61.6 Å². The number of amides is 1. The van der Waals surface area contributed by atoms with Crippen LogP contribution in [0.4, 0.5) is 11.4 Å². The summed E-state index contributed by atoms with van der Waals surface area (Å²) in [4.78, 5) is 46.3. The minimum absolute atomic E-state index is 0.0411. The molecule has 3 aromatic carbocycles. The van der Waals surface area contributed by atoms with Crippen LogP contribution in [0, 0.1) is 18.3 Å². The van der Waals surface area contributed by atoms with E-state index in [0.717, 1.165) is 47.2 Å². The summed E-state index contributed by atoms with van der Waals surface area (Å²) in [6, 6.07) is 20.4. The molecular weight excluding hydrogens is 532 g/mol. The molecule has 3 aliphatic heterocycles. The number of nitrogens with zero attached hydrogens (tertiary/aromatic N) is 1. The number of rotatable bonds is 7. The Morgan fingerprint density at radius 1 is 0.953 bits per heavy atom. The second kappa shape index (κ2) is 10.6. The number of allylic oxidation sites excluding steroid dienone is 1. The van der Waals surface area contributed by atoms with Crippen LogP contribution in [0.15, 0.2) is 72.8 Å². The van der Waals surface area contributed by atoms with Gasteiger partial charge in [0.05, 0.1) is 12.0 Å². The predicted molar refractivity (Wildman–Crippen MR) is 174 cm³/mol. The number of fused-ring (bicyclic) bond motifs is 6. The maximum atomic E-state index is 15.0. The zero-order valence-electron chi connectivity index (χ0n) is 26.2. The topological polar surface area (TPSA) is 66.5 Å². The Labute approximate surface area is 255 Å². The molecule has 1 fully saturated rings. The number of Topliss-reactive ketones (excluding diaryl/α,β-unsaturated/α-hetero) is 2. The molecular formula is C38H42N2O3. The maximum absolute atomic E-state index is 15.0. The molecule has 5 heteroatoms. The fourth-order valence-corrected chi connectivity index (χ4v) is 7.58. The zero-order chi connectivity index (χ0) is 30.7. The number of anilines is 2. The van der Waals surface area contributed by atoms with Crippen molar-refractivity contribution in [1.82, 2.24) is 0 Å². The van der Waals surface area contributed by atoms with E-state index in [9.17, 15) is 14.4 Å². The largest absolute Gasteiger partial charge is 0.352 e. The first-order valence-electron chi connectivity index (χ1n) is 15.7. The van der Waals surface area contributed by atoms with E-state index in [1.165, 1.54) is 12.0 Å². The van der Waals surface area contributed by atoms with Gasteiger partial charge in [-0.15, -0.1) is 0 Å². The molecule has 0 unspecified atom stereocenters. The predicted octanol–water partition coefficient (Wildman–Crippen LogP) is 7.71. The Kier molecular flexibility index (Phi) is 7.19. The molecule has 4 atom stereocenters. The quantitative estimate of drug-likeness (QED) is 0.232. The molecule has 222 valence electrons. The lowest BCUT2D eigenvalue weighted by molar-refractivity contribution is -0.128. The summed E-state index contributed by atoms with van der Waals surface area (Å²) < 4.78 is 0. The van der Waals surface area contributed by atoms with Gasteiger partial charge in [0.1, 0.15) is 11.5 Å². The summed E-state index contributed by atoms with van der Waals surface area (Å²) >= 11 is 0. The second-order valence-corrected chi connectivity index (χ2v) is 13.6. The van der Waals surface area contributed by atoms with Crippen LogP contribution in [0.5, 0.6) is 0 Å². The molecule has 3 aromatic rings. The van der Waals surface area contributed by atoms with E-state index >= 15 is 0 Å². The molecule has 3 aliphatic rings. The molecule has 0 radical (unpaired) electrons. The number of carbonyl (C=O) groups is 3. The van der Waals surface area contributed by atoms with Crippen LogP contribution < -0.4 is 10.2 Å². The highest BCUT2D eigenvalue weighted by atomic mass is 16.2. The van der Waals surface area contributed by atoms with Crippen molar-refractivity contribution in [3.63, 3.8) is 0 Å². The highest BCUT2D eigenvalue weighted by molar-refractivity contribution is 6.17. The van der Waals surface area contributed by atoms with Crippen LogP contribution >= 0.6 is 0 Å². The number of hydrogen-bond acceptors (Lipinski definition) is 4. The smallest absolute Gasteiger partial charge is 0.238 e. The lowest BCUT2D eigenvalue weighted by Crippen LogP contribution is -2.51. The number of hydrogen-bond donors (Lipinski definition) is 1. The van der Waals surface area contributed by atoms with Crippen molar-refractivity contribution in [2.75, 3.05) is 10.2 Å². The average Bonchev–Trinajstić information content (AvgIpc) is 3.44. The van der Waals surface area contributed by atoms with Crippen LogP contribution in [0.25, 0.3) is 5.57 Å². The number of benzene rings is 3. The van der Waals surface area contributed by atoms with Crippen LogP contribution in [0.3, 0.4) is 0 Å². The zero-order valence-corrected chi connectivity index (χ0v) is 26.2. The standard InChI is InChI=1S/C38H42N2O3/c1-7-8-9-12-25-16-18-26(19-17-25)34(41)32-33(35(42)37(4,5)6)40-30-20-15-23(2)21-27(30)24(3)22-31(40)38(32)28-13-10-11-14-29(28)39-36(38)43/h10-11,13-22,31-33H,7-9,12H2,1-6H3,(H,39,43)/t31-,32-,33-,38+/m1/s1. The van der Waals surface area contributed by atoms with E-state index in [1.807, 2.05) is 69.3 Å². The Bertz CT molecular complexity index is 1640. The van der Waals surface area contributed by atoms with Gasteiger partial charge in [0.25, 0.3) is 0 Å². The summed E-state index contributed by atoms with van der Waals surface area (Å²) in [6.45, 7) is 12.0. The molecule has 0 saturated carbocycles. The summed E-state index contributed by atoms with van der Waals surface area (Å²) in [7, 11) is 0. The molecule has 0 bridgehead atoms. The molecule has 5 nitrogen and oxygen atoms in total. The Balaban J connectivity index is 1.59.